The van der Waals surface area contributed by atoms with E-state index in [1.54, 1.807) is 6.92 Å². The van der Waals surface area contributed by atoms with Gasteiger partial charge in [0.1, 0.15) is 0 Å². The van der Waals surface area contributed by atoms with Crippen LogP contribution in [0.15, 0.2) is 36.4 Å². The van der Waals surface area contributed by atoms with Crippen LogP contribution in [0.25, 0.3) is 5.69 Å². The first-order valence-electron chi connectivity index (χ1n) is 5.36. The fourth-order valence-corrected chi connectivity index (χ4v) is 2.14. The Hall–Kier alpha value is -1.83. The minimum atomic E-state index is 0.106. The van der Waals surface area contributed by atoms with E-state index < -0.39 is 0 Å². The van der Waals surface area contributed by atoms with Crippen molar-refractivity contribution >= 4 is 5.78 Å². The largest absolute Gasteiger partial charge is 0.311 e. The number of aromatic nitrogens is 1. The lowest BCUT2D eigenvalue weighted by Crippen LogP contribution is -2.06. The van der Waals surface area contributed by atoms with Gasteiger partial charge >= 0.3 is 0 Å². The Balaban J connectivity index is 2.69. The second kappa shape index (κ2) is 3.97. The number of nitrogens with zero attached hydrogens (tertiary/aromatic N) is 1. The summed E-state index contributed by atoms with van der Waals surface area (Å²) >= 11 is 0. The van der Waals surface area contributed by atoms with Gasteiger partial charge in [0.15, 0.2) is 5.78 Å². The number of rotatable bonds is 2. The van der Waals surface area contributed by atoms with Gasteiger partial charge in [-0.3, -0.25) is 4.79 Å². The predicted molar refractivity (Wildman–Crippen MR) is 65.2 cm³/mol. The summed E-state index contributed by atoms with van der Waals surface area (Å²) in [5, 5.41) is 0. The highest BCUT2D eigenvalue weighted by Gasteiger charge is 2.14. The van der Waals surface area contributed by atoms with Gasteiger partial charge in [0.2, 0.25) is 0 Å². The second-order valence-corrected chi connectivity index (χ2v) is 4.04. The molecule has 0 bridgehead atoms. The van der Waals surface area contributed by atoms with E-state index >= 15 is 0 Å². The molecule has 82 valence electrons. The van der Waals surface area contributed by atoms with Crippen molar-refractivity contribution in [3.05, 3.63) is 53.3 Å². The fraction of sp³-hybridized carbons (Fsp3) is 0.214. The Labute approximate surface area is 95.5 Å². The van der Waals surface area contributed by atoms with E-state index in [0.29, 0.717) is 0 Å². The summed E-state index contributed by atoms with van der Waals surface area (Å²) in [5.41, 5.74) is 3.95. The van der Waals surface area contributed by atoms with Gasteiger partial charge in [-0.05, 0) is 37.6 Å². The molecule has 0 N–H and O–H groups in total. The van der Waals surface area contributed by atoms with E-state index in [9.17, 15) is 4.79 Å². The van der Waals surface area contributed by atoms with Crippen molar-refractivity contribution in [1.29, 1.82) is 0 Å². The van der Waals surface area contributed by atoms with Gasteiger partial charge in [0, 0.05) is 18.3 Å². The maximum absolute atomic E-state index is 11.7. The van der Waals surface area contributed by atoms with Crippen LogP contribution >= 0.6 is 0 Å². The van der Waals surface area contributed by atoms with E-state index in [1.807, 2.05) is 54.8 Å². The van der Waals surface area contributed by atoms with Gasteiger partial charge in [-0.25, -0.2) is 0 Å². The zero-order chi connectivity index (χ0) is 11.7. The Bertz CT molecular complexity index is 523. The summed E-state index contributed by atoms with van der Waals surface area (Å²) in [6, 6.07) is 12.0. The number of aryl methyl sites for hydroxylation is 2. The summed E-state index contributed by atoms with van der Waals surface area (Å²) in [5.74, 6) is 0.106. The lowest BCUT2D eigenvalue weighted by atomic mass is 10.2. The van der Waals surface area contributed by atoms with Crippen molar-refractivity contribution in [2.75, 3.05) is 0 Å². The molecule has 0 aliphatic heterocycles. The molecule has 1 aromatic carbocycles. The van der Waals surface area contributed by atoms with Crippen LogP contribution < -0.4 is 0 Å². The molecule has 0 aliphatic rings. The third kappa shape index (κ3) is 1.67. The number of benzene rings is 1. The fourth-order valence-electron chi connectivity index (χ4n) is 2.14. The topological polar surface area (TPSA) is 22.0 Å². The first-order chi connectivity index (χ1) is 7.61. The lowest BCUT2D eigenvalue weighted by Gasteiger charge is -2.10. The van der Waals surface area contributed by atoms with Crippen LogP contribution in [0.4, 0.5) is 0 Å². The molecule has 0 amide bonds. The molecule has 1 aromatic heterocycles. The number of carbonyl (C=O) groups is 1. The van der Waals surface area contributed by atoms with Crippen LogP contribution in [0.5, 0.6) is 0 Å². The summed E-state index contributed by atoms with van der Waals surface area (Å²) in [7, 11) is 0. The molecular formula is C14H15NO. The summed E-state index contributed by atoms with van der Waals surface area (Å²) in [4.78, 5) is 11.7. The number of hydrogen-bond donors (Lipinski definition) is 0. The first-order valence-corrected chi connectivity index (χ1v) is 5.36. The van der Waals surface area contributed by atoms with Gasteiger partial charge in [-0.2, -0.15) is 0 Å². The third-order valence-electron chi connectivity index (χ3n) is 2.72. The van der Waals surface area contributed by atoms with Crippen LogP contribution in [0.2, 0.25) is 0 Å². The molecule has 0 atom stereocenters. The molecule has 2 heteroatoms. The van der Waals surface area contributed by atoms with Crippen molar-refractivity contribution in [2.45, 2.75) is 20.8 Å². The number of hydrogen-bond acceptors (Lipinski definition) is 1. The summed E-state index contributed by atoms with van der Waals surface area (Å²) in [6.07, 6.45) is 0. The van der Waals surface area contributed by atoms with E-state index in [-0.39, 0.29) is 5.78 Å². The maximum atomic E-state index is 11.7. The van der Waals surface area contributed by atoms with Crippen molar-refractivity contribution in [3.8, 4) is 5.69 Å². The van der Waals surface area contributed by atoms with Gasteiger partial charge in [0.25, 0.3) is 0 Å². The second-order valence-electron chi connectivity index (χ2n) is 4.04. The molecule has 1 heterocycles. The highest BCUT2D eigenvalue weighted by atomic mass is 16.1. The minimum Gasteiger partial charge on any atom is -0.311 e. The first kappa shape index (κ1) is 10.7. The number of ketones is 1. The molecule has 16 heavy (non-hydrogen) atoms. The summed E-state index contributed by atoms with van der Waals surface area (Å²) < 4.78 is 2.01. The third-order valence-corrected chi connectivity index (χ3v) is 2.72. The Morgan fingerprint density at radius 3 is 2.31 bits per heavy atom. The SMILES string of the molecule is CC(=O)c1c(C)cc(C)n1-c1ccccc1. The van der Waals surface area contributed by atoms with Gasteiger partial charge in [0.05, 0.1) is 5.69 Å². The highest BCUT2D eigenvalue weighted by Crippen LogP contribution is 2.20. The molecule has 0 saturated carbocycles. The number of carbonyl (C=O) groups excluding carboxylic acids is 1. The van der Waals surface area contributed by atoms with Crippen molar-refractivity contribution < 1.29 is 4.79 Å². The van der Waals surface area contributed by atoms with E-state index in [2.05, 4.69) is 0 Å². The normalized spacial score (nSPS) is 10.4. The molecule has 0 radical (unpaired) electrons. The van der Waals surface area contributed by atoms with E-state index in [1.165, 1.54) is 0 Å². The maximum Gasteiger partial charge on any atom is 0.176 e. The zero-order valence-electron chi connectivity index (χ0n) is 9.82. The average Bonchev–Trinajstić information content (AvgIpc) is 2.55. The Morgan fingerprint density at radius 1 is 1.12 bits per heavy atom. The van der Waals surface area contributed by atoms with Crippen molar-refractivity contribution in [3.63, 3.8) is 0 Å². The molecule has 2 aromatic rings. The zero-order valence-corrected chi connectivity index (χ0v) is 9.82. The molecule has 0 spiro atoms. The smallest absolute Gasteiger partial charge is 0.176 e. The van der Waals surface area contributed by atoms with E-state index in [4.69, 9.17) is 0 Å². The predicted octanol–water partition coefficient (Wildman–Crippen LogP) is 3.30. The molecule has 0 saturated heterocycles. The minimum absolute atomic E-state index is 0.106. The number of para-hydroxylation sites is 1. The molecular weight excluding hydrogens is 198 g/mol. The monoisotopic (exact) mass is 213 g/mol. The van der Waals surface area contributed by atoms with Crippen molar-refractivity contribution in [1.82, 2.24) is 4.57 Å². The molecule has 0 aliphatic carbocycles. The standard InChI is InChI=1S/C14H15NO/c1-10-9-11(2)15(14(10)12(3)16)13-7-5-4-6-8-13/h4-9H,1-3H3. The lowest BCUT2D eigenvalue weighted by molar-refractivity contribution is 0.101. The molecule has 0 fully saturated rings. The van der Waals surface area contributed by atoms with Crippen LogP contribution in [0.3, 0.4) is 0 Å². The van der Waals surface area contributed by atoms with Gasteiger partial charge in [-0.1, -0.05) is 18.2 Å². The molecule has 2 rings (SSSR count). The van der Waals surface area contributed by atoms with E-state index in [0.717, 1.165) is 22.6 Å². The highest BCUT2D eigenvalue weighted by molar-refractivity contribution is 5.95. The Kier molecular flexibility index (Phi) is 2.65. The quantitative estimate of drug-likeness (QED) is 0.701. The molecule has 0 unspecified atom stereocenters. The summed E-state index contributed by atoms with van der Waals surface area (Å²) in [6.45, 7) is 5.61. The van der Waals surface area contributed by atoms with Gasteiger partial charge < -0.3 is 4.57 Å². The van der Waals surface area contributed by atoms with Gasteiger partial charge in [-0.15, -0.1) is 0 Å². The number of Topliss-reactive ketones (excluding diaryl/α,β-unsaturated/α-hetero) is 1. The van der Waals surface area contributed by atoms with Crippen molar-refractivity contribution in [2.24, 2.45) is 0 Å². The van der Waals surface area contributed by atoms with Crippen LogP contribution in [0, 0.1) is 13.8 Å². The average molecular weight is 213 g/mol. The Morgan fingerprint density at radius 2 is 1.75 bits per heavy atom. The van der Waals surface area contributed by atoms with Crippen LogP contribution in [-0.2, 0) is 0 Å². The van der Waals surface area contributed by atoms with Crippen LogP contribution in [0.1, 0.15) is 28.7 Å². The molecule has 2 nitrogen and oxygen atoms in total. The van der Waals surface area contributed by atoms with Crippen LogP contribution in [-0.4, -0.2) is 10.4 Å².